The first-order valence-electron chi connectivity index (χ1n) is 14.6. The topological polar surface area (TPSA) is 154 Å². The average molecular weight is 625 g/mol. The number of amidine groups is 1. The van der Waals surface area contributed by atoms with Gasteiger partial charge in [-0.05, 0) is 87.3 Å². The van der Waals surface area contributed by atoms with Crippen LogP contribution >= 0.6 is 0 Å². The molecule has 2 aromatic heterocycles. The summed E-state index contributed by atoms with van der Waals surface area (Å²) in [5.41, 5.74) is 7.93. The van der Waals surface area contributed by atoms with Crippen molar-refractivity contribution in [3.05, 3.63) is 71.6 Å². The van der Waals surface area contributed by atoms with Crippen LogP contribution < -0.4 is 26.4 Å². The number of amides is 2. The lowest BCUT2D eigenvalue weighted by atomic mass is 9.94. The Morgan fingerprint density at radius 2 is 1.93 bits per heavy atom. The molecule has 0 spiro atoms. The molecule has 238 valence electrons. The van der Waals surface area contributed by atoms with E-state index in [1.807, 2.05) is 24.3 Å². The number of hydrogen-bond donors (Lipinski definition) is 5. The first-order valence-corrected chi connectivity index (χ1v) is 14.6. The number of aryl methyl sites for hydroxylation is 2. The number of carbonyl (C=O) groups excluding carboxylic acids is 1. The molecule has 1 fully saturated rings. The van der Waals surface area contributed by atoms with Gasteiger partial charge in [0.05, 0.1) is 0 Å². The van der Waals surface area contributed by atoms with Gasteiger partial charge in [0.1, 0.15) is 28.7 Å². The predicted molar refractivity (Wildman–Crippen MR) is 166 cm³/mol. The fourth-order valence-electron chi connectivity index (χ4n) is 5.48. The maximum absolute atomic E-state index is 12.6. The van der Waals surface area contributed by atoms with Crippen molar-refractivity contribution in [3.8, 4) is 5.75 Å². The number of urea groups is 1. The summed E-state index contributed by atoms with van der Waals surface area (Å²) in [4.78, 5) is 23.9. The van der Waals surface area contributed by atoms with E-state index in [0.29, 0.717) is 29.4 Å². The molecule has 5 rings (SSSR count). The van der Waals surface area contributed by atoms with Crippen molar-refractivity contribution in [2.75, 3.05) is 35.6 Å². The smallest absolute Gasteiger partial charge is 0.461 e. The summed E-state index contributed by atoms with van der Waals surface area (Å²) >= 11 is 0. The zero-order valence-corrected chi connectivity index (χ0v) is 24.9. The monoisotopic (exact) mass is 624 g/mol. The van der Waals surface area contributed by atoms with Gasteiger partial charge in [0.25, 0.3) is 0 Å². The van der Waals surface area contributed by atoms with Gasteiger partial charge in [0, 0.05) is 47.4 Å². The number of benzene rings is 2. The van der Waals surface area contributed by atoms with Gasteiger partial charge in [-0.1, -0.05) is 6.92 Å². The number of likely N-dealkylation sites (tertiary alicyclic amines) is 1. The number of aromatic nitrogens is 2. The van der Waals surface area contributed by atoms with Gasteiger partial charge in [-0.3, -0.25) is 10.7 Å². The second kappa shape index (κ2) is 13.4. The third kappa shape index (κ3) is 8.62. The van der Waals surface area contributed by atoms with Crippen molar-refractivity contribution in [1.29, 1.82) is 5.41 Å². The Kier molecular flexibility index (Phi) is 9.42. The highest BCUT2D eigenvalue weighted by atomic mass is 19.4. The highest BCUT2D eigenvalue weighted by Crippen LogP contribution is 2.28. The number of nitrogens with zero attached hydrogens (tertiary/aromatic N) is 3. The minimum absolute atomic E-state index is 0.00530. The summed E-state index contributed by atoms with van der Waals surface area (Å²) in [6, 6.07) is 13.4. The third-order valence-electron chi connectivity index (χ3n) is 7.66. The van der Waals surface area contributed by atoms with Gasteiger partial charge >= 0.3 is 12.4 Å². The Morgan fingerprint density at radius 1 is 1.16 bits per heavy atom. The minimum Gasteiger partial charge on any atom is -0.461 e. The number of nitrogens with two attached hydrogens (primary N) is 1. The Morgan fingerprint density at radius 3 is 2.62 bits per heavy atom. The predicted octanol–water partition coefficient (Wildman–Crippen LogP) is 6.11. The van der Waals surface area contributed by atoms with Crippen molar-refractivity contribution in [1.82, 2.24) is 14.9 Å². The standard InChI is InChI=1S/C31H35F3N8O3/c1-3-42-13-12-20(17-42)25(10-9-24-16-21-15-19(28(35)36)4-11-26(21)44-24)39-27-14-18(2)37-29(40-27)41-30(43)38-22-5-7-23(8-6-22)45-31(32,33)34/h4-8,11,14-16,20,25H,3,9-10,12-13,17H2,1-2H3,(H3,35,36)(H3,37,38,39,40,41,43). The second-order valence-corrected chi connectivity index (χ2v) is 11.0. The van der Waals surface area contributed by atoms with E-state index in [1.165, 1.54) is 12.1 Å². The fraction of sp³-hybridized carbons (Fsp3) is 0.355. The van der Waals surface area contributed by atoms with Crippen molar-refractivity contribution in [2.45, 2.75) is 45.5 Å². The Bertz CT molecular complexity index is 1660. The number of furan rings is 1. The van der Waals surface area contributed by atoms with Crippen molar-refractivity contribution >= 4 is 40.3 Å². The molecule has 2 amide bonds. The minimum atomic E-state index is -4.80. The van der Waals surface area contributed by atoms with E-state index in [1.54, 1.807) is 13.0 Å². The number of nitrogens with one attached hydrogen (secondary N) is 4. The number of fused-ring (bicyclic) bond motifs is 1. The Hall–Kier alpha value is -4.85. The molecule has 2 unspecified atom stereocenters. The molecular formula is C31H35F3N8O3. The van der Waals surface area contributed by atoms with Crippen LogP contribution in [0.3, 0.4) is 0 Å². The number of halogens is 3. The largest absolute Gasteiger partial charge is 0.573 e. The van der Waals surface area contributed by atoms with Gasteiger partial charge in [-0.2, -0.15) is 4.98 Å². The molecule has 0 saturated carbocycles. The number of alkyl halides is 3. The molecule has 6 N–H and O–H groups in total. The number of rotatable bonds is 11. The van der Waals surface area contributed by atoms with Gasteiger partial charge < -0.3 is 30.4 Å². The molecule has 0 aliphatic carbocycles. The van der Waals surface area contributed by atoms with Crippen LogP contribution in [0.5, 0.6) is 5.75 Å². The highest BCUT2D eigenvalue weighted by Gasteiger charge is 2.31. The van der Waals surface area contributed by atoms with E-state index in [9.17, 15) is 18.0 Å². The number of hydrogen-bond acceptors (Lipinski definition) is 8. The van der Waals surface area contributed by atoms with E-state index < -0.39 is 18.1 Å². The van der Waals surface area contributed by atoms with E-state index in [-0.39, 0.29) is 23.5 Å². The summed E-state index contributed by atoms with van der Waals surface area (Å²) in [6.45, 7) is 6.87. The summed E-state index contributed by atoms with van der Waals surface area (Å²) in [5.74, 6) is 1.43. The maximum atomic E-state index is 12.6. The van der Waals surface area contributed by atoms with Crippen LogP contribution in [-0.4, -0.2) is 58.8 Å². The van der Waals surface area contributed by atoms with Gasteiger partial charge in [-0.15, -0.1) is 13.2 Å². The summed E-state index contributed by atoms with van der Waals surface area (Å²) in [5, 5.41) is 17.3. The number of anilines is 3. The Labute approximate surface area is 257 Å². The van der Waals surface area contributed by atoms with Gasteiger partial charge in [0.15, 0.2) is 0 Å². The van der Waals surface area contributed by atoms with Crippen LogP contribution in [0.4, 0.5) is 35.4 Å². The van der Waals surface area contributed by atoms with E-state index in [0.717, 1.165) is 61.3 Å². The highest BCUT2D eigenvalue weighted by molar-refractivity contribution is 5.99. The molecule has 1 aliphatic rings. The molecule has 0 radical (unpaired) electrons. The van der Waals surface area contributed by atoms with Crippen LogP contribution in [0.1, 0.15) is 36.8 Å². The van der Waals surface area contributed by atoms with Crippen LogP contribution in [0, 0.1) is 18.3 Å². The summed E-state index contributed by atoms with van der Waals surface area (Å²) in [7, 11) is 0. The second-order valence-electron chi connectivity index (χ2n) is 11.0. The van der Waals surface area contributed by atoms with E-state index >= 15 is 0 Å². The van der Waals surface area contributed by atoms with Gasteiger partial charge in [0.2, 0.25) is 5.95 Å². The molecule has 1 aliphatic heterocycles. The first-order chi connectivity index (χ1) is 21.4. The molecule has 4 aromatic rings. The number of carbonyl (C=O) groups is 1. The zero-order chi connectivity index (χ0) is 32.1. The summed E-state index contributed by atoms with van der Waals surface area (Å²) in [6.07, 6.45) is -2.34. The molecule has 0 bridgehead atoms. The van der Waals surface area contributed by atoms with Crippen LogP contribution in [0.25, 0.3) is 11.0 Å². The molecule has 45 heavy (non-hydrogen) atoms. The molecule has 2 aromatic carbocycles. The van der Waals surface area contributed by atoms with Gasteiger partial charge in [-0.25, -0.2) is 9.78 Å². The Balaban J connectivity index is 1.26. The van der Waals surface area contributed by atoms with Crippen molar-refractivity contribution in [2.24, 2.45) is 11.7 Å². The lowest BCUT2D eigenvalue weighted by Crippen LogP contribution is -2.33. The average Bonchev–Trinajstić information content (AvgIpc) is 3.62. The zero-order valence-electron chi connectivity index (χ0n) is 24.9. The molecular weight excluding hydrogens is 589 g/mol. The number of nitrogen functional groups attached to an aromatic ring is 1. The maximum Gasteiger partial charge on any atom is 0.573 e. The quantitative estimate of drug-likeness (QED) is 0.0989. The summed E-state index contributed by atoms with van der Waals surface area (Å²) < 4.78 is 47.2. The molecule has 1 saturated heterocycles. The van der Waals surface area contributed by atoms with Crippen molar-refractivity contribution in [3.63, 3.8) is 0 Å². The first kappa shape index (κ1) is 31.6. The normalized spacial score (nSPS) is 16.0. The third-order valence-corrected chi connectivity index (χ3v) is 7.66. The SMILES string of the molecule is CCN1CCC(C(CCc2cc3cc(C(=N)N)ccc3o2)Nc2cc(C)nc(NC(=O)Nc3ccc(OC(F)(F)F)cc3)n2)C1. The van der Waals surface area contributed by atoms with Crippen molar-refractivity contribution < 1.29 is 27.1 Å². The van der Waals surface area contributed by atoms with Crippen LogP contribution in [-0.2, 0) is 6.42 Å². The molecule has 14 heteroatoms. The lowest BCUT2D eigenvalue weighted by Gasteiger charge is -2.26. The molecule has 3 heterocycles. The number of ether oxygens (including phenoxy) is 1. The fourth-order valence-corrected chi connectivity index (χ4v) is 5.48. The van der Waals surface area contributed by atoms with E-state index in [4.69, 9.17) is 15.6 Å². The van der Waals surface area contributed by atoms with Crippen LogP contribution in [0.15, 0.2) is 59.0 Å². The van der Waals surface area contributed by atoms with E-state index in [2.05, 4.69) is 42.5 Å². The van der Waals surface area contributed by atoms with Crippen LogP contribution in [0.2, 0.25) is 0 Å². The lowest BCUT2D eigenvalue weighted by molar-refractivity contribution is -0.274. The molecule has 11 nitrogen and oxygen atoms in total. The molecule has 2 atom stereocenters.